The maximum Gasteiger partial charge on any atom is 0.131 e. The predicted molar refractivity (Wildman–Crippen MR) is 118 cm³/mol. The van der Waals surface area contributed by atoms with Crippen LogP contribution in [0, 0.1) is 11.7 Å². The van der Waals surface area contributed by atoms with E-state index >= 15 is 0 Å². The number of hydrogen-bond donors (Lipinski definition) is 1. The molecule has 2 unspecified atom stereocenters. The van der Waals surface area contributed by atoms with E-state index in [4.69, 9.17) is 4.74 Å². The highest BCUT2D eigenvalue weighted by Crippen LogP contribution is 2.35. The largest absolute Gasteiger partial charge is 0.497 e. The lowest BCUT2D eigenvalue weighted by atomic mass is 9.90. The Balaban J connectivity index is 1.53. The summed E-state index contributed by atoms with van der Waals surface area (Å²) in [4.78, 5) is 11.0. The fourth-order valence-corrected chi connectivity index (χ4v) is 4.08. The molecular formula is C26H26FNO2. The van der Waals surface area contributed by atoms with Gasteiger partial charge in [0, 0.05) is 17.2 Å². The normalized spacial score (nSPS) is 16.3. The molecule has 0 fully saturated rings. The van der Waals surface area contributed by atoms with Crippen molar-refractivity contribution in [3.63, 3.8) is 0 Å². The number of carbonyl (C=O) groups excluding carboxylic acids is 1. The number of carbonyl (C=O) groups is 1. The number of hydrogen-bond acceptors (Lipinski definition) is 3. The van der Waals surface area contributed by atoms with Crippen molar-refractivity contribution >= 4 is 12.0 Å². The van der Waals surface area contributed by atoms with Crippen LogP contribution < -0.4 is 10.1 Å². The summed E-state index contributed by atoms with van der Waals surface area (Å²) in [6, 6.07) is 19.5. The van der Waals surface area contributed by atoms with Gasteiger partial charge in [-0.15, -0.1) is 0 Å². The Hall–Kier alpha value is -3.14. The van der Waals surface area contributed by atoms with Crippen molar-refractivity contribution in [1.82, 2.24) is 0 Å². The smallest absolute Gasteiger partial charge is 0.131 e. The third-order valence-electron chi connectivity index (χ3n) is 5.79. The monoisotopic (exact) mass is 403 g/mol. The Morgan fingerprint density at radius 2 is 1.93 bits per heavy atom. The molecule has 1 N–H and O–H groups in total. The Kier molecular flexibility index (Phi) is 5.84. The van der Waals surface area contributed by atoms with Gasteiger partial charge in [0.1, 0.15) is 17.9 Å². The van der Waals surface area contributed by atoms with Crippen LogP contribution in [-0.4, -0.2) is 13.4 Å². The van der Waals surface area contributed by atoms with Gasteiger partial charge in [-0.3, -0.25) is 0 Å². The summed E-state index contributed by atoms with van der Waals surface area (Å²) in [5, 5.41) is 3.65. The molecule has 0 aliphatic carbocycles. The molecule has 1 heterocycles. The van der Waals surface area contributed by atoms with Crippen LogP contribution in [0.1, 0.15) is 36.1 Å². The van der Waals surface area contributed by atoms with E-state index in [1.54, 1.807) is 19.2 Å². The summed E-state index contributed by atoms with van der Waals surface area (Å²) in [5.41, 5.74) is 6.17. The van der Waals surface area contributed by atoms with E-state index in [1.807, 2.05) is 19.1 Å². The van der Waals surface area contributed by atoms with Crippen LogP contribution in [0.2, 0.25) is 0 Å². The van der Waals surface area contributed by atoms with E-state index in [2.05, 4.69) is 35.6 Å². The fraction of sp³-hybridized carbons (Fsp3) is 0.269. The molecule has 0 amide bonds. The number of rotatable bonds is 6. The molecule has 0 saturated carbocycles. The second-order valence-electron chi connectivity index (χ2n) is 8.01. The molecule has 1 aliphatic rings. The van der Waals surface area contributed by atoms with Crippen LogP contribution in [0.4, 0.5) is 10.1 Å². The Bertz CT molecular complexity index is 1050. The van der Waals surface area contributed by atoms with E-state index in [-0.39, 0.29) is 17.8 Å². The molecule has 0 spiro atoms. The second kappa shape index (κ2) is 8.70. The minimum Gasteiger partial charge on any atom is -0.497 e. The van der Waals surface area contributed by atoms with Gasteiger partial charge in [0.25, 0.3) is 0 Å². The average Bonchev–Trinajstić information content (AvgIpc) is 2.79. The van der Waals surface area contributed by atoms with Crippen molar-refractivity contribution in [3.05, 3.63) is 83.2 Å². The van der Waals surface area contributed by atoms with E-state index in [0.29, 0.717) is 11.3 Å². The van der Waals surface area contributed by atoms with Crippen molar-refractivity contribution < 1.29 is 13.9 Å². The first kappa shape index (κ1) is 20.1. The van der Waals surface area contributed by atoms with Crippen molar-refractivity contribution in [2.24, 2.45) is 5.92 Å². The lowest BCUT2D eigenvalue weighted by Gasteiger charge is -2.28. The highest BCUT2D eigenvalue weighted by atomic mass is 19.1. The molecule has 3 aromatic carbocycles. The zero-order valence-electron chi connectivity index (χ0n) is 17.3. The molecule has 4 rings (SSSR count). The van der Waals surface area contributed by atoms with Crippen LogP contribution in [0.3, 0.4) is 0 Å². The first-order chi connectivity index (χ1) is 14.6. The standard InChI is InChI=1S/C26H26FNO2/c1-17(16-29)13-18-3-4-21-9-12-25(28-26(21)14-18)20-7-5-19(6-8-20)23-15-22(30-2)10-11-24(23)27/h3-8,10-11,14-17,25,28H,9,12-13H2,1-2H3. The van der Waals surface area contributed by atoms with Gasteiger partial charge in [0.05, 0.1) is 13.2 Å². The number of fused-ring (bicyclic) bond motifs is 1. The minimum absolute atomic E-state index is 0.0204. The van der Waals surface area contributed by atoms with Crippen LogP contribution in [-0.2, 0) is 17.6 Å². The molecule has 3 nitrogen and oxygen atoms in total. The molecule has 2 atom stereocenters. The van der Waals surface area contributed by atoms with Crippen LogP contribution in [0.5, 0.6) is 5.75 Å². The lowest BCUT2D eigenvalue weighted by Crippen LogP contribution is -2.18. The molecular weight excluding hydrogens is 377 g/mol. The average molecular weight is 403 g/mol. The second-order valence-corrected chi connectivity index (χ2v) is 8.01. The topological polar surface area (TPSA) is 38.3 Å². The van der Waals surface area contributed by atoms with Gasteiger partial charge in [0.15, 0.2) is 0 Å². The van der Waals surface area contributed by atoms with Crippen LogP contribution in [0.25, 0.3) is 11.1 Å². The first-order valence-corrected chi connectivity index (χ1v) is 10.3. The molecule has 4 heteroatoms. The Morgan fingerprint density at radius 3 is 2.67 bits per heavy atom. The summed E-state index contributed by atoms with van der Waals surface area (Å²) in [6.45, 7) is 1.94. The molecule has 154 valence electrons. The van der Waals surface area contributed by atoms with Crippen LogP contribution in [0.15, 0.2) is 60.7 Å². The summed E-state index contributed by atoms with van der Waals surface area (Å²) >= 11 is 0. The first-order valence-electron chi connectivity index (χ1n) is 10.3. The van der Waals surface area contributed by atoms with E-state index in [9.17, 15) is 9.18 Å². The van der Waals surface area contributed by atoms with E-state index < -0.39 is 0 Å². The molecule has 1 aliphatic heterocycles. The summed E-state index contributed by atoms with van der Waals surface area (Å²) < 4.78 is 19.5. The van der Waals surface area contributed by atoms with Gasteiger partial charge in [-0.25, -0.2) is 4.39 Å². The van der Waals surface area contributed by atoms with Gasteiger partial charge in [-0.1, -0.05) is 43.3 Å². The molecule has 0 saturated heterocycles. The minimum atomic E-state index is -0.259. The zero-order chi connectivity index (χ0) is 21.1. The summed E-state index contributed by atoms with van der Waals surface area (Å²) in [6.07, 6.45) is 3.76. The molecule has 0 aromatic heterocycles. The number of benzene rings is 3. The molecule has 30 heavy (non-hydrogen) atoms. The van der Waals surface area contributed by atoms with Crippen molar-refractivity contribution in [3.8, 4) is 16.9 Å². The van der Waals surface area contributed by atoms with E-state index in [0.717, 1.165) is 36.8 Å². The number of anilines is 1. The van der Waals surface area contributed by atoms with E-state index in [1.165, 1.54) is 22.8 Å². The summed E-state index contributed by atoms with van der Waals surface area (Å²) in [7, 11) is 1.58. The summed E-state index contributed by atoms with van der Waals surface area (Å²) in [5.74, 6) is 0.401. The quantitative estimate of drug-likeness (QED) is 0.515. The van der Waals surface area contributed by atoms with Gasteiger partial charge in [0.2, 0.25) is 0 Å². The highest BCUT2D eigenvalue weighted by Gasteiger charge is 2.20. The third kappa shape index (κ3) is 4.23. The van der Waals surface area contributed by atoms with Gasteiger partial charge in [-0.05, 0) is 65.8 Å². The number of ether oxygens (including phenoxy) is 1. The number of nitrogens with one attached hydrogen (secondary N) is 1. The van der Waals surface area contributed by atoms with Gasteiger partial charge < -0.3 is 14.8 Å². The number of aldehydes is 1. The third-order valence-corrected chi connectivity index (χ3v) is 5.79. The maximum atomic E-state index is 14.3. The number of halogens is 1. The van der Waals surface area contributed by atoms with Gasteiger partial charge >= 0.3 is 0 Å². The molecule has 0 radical (unpaired) electrons. The fourth-order valence-electron chi connectivity index (χ4n) is 4.08. The van der Waals surface area contributed by atoms with Crippen molar-refractivity contribution in [2.45, 2.75) is 32.2 Å². The van der Waals surface area contributed by atoms with Gasteiger partial charge in [-0.2, -0.15) is 0 Å². The number of aryl methyl sites for hydroxylation is 1. The molecule has 0 bridgehead atoms. The van der Waals surface area contributed by atoms with Crippen molar-refractivity contribution in [1.29, 1.82) is 0 Å². The Labute approximate surface area is 176 Å². The maximum absolute atomic E-state index is 14.3. The number of methoxy groups -OCH3 is 1. The van der Waals surface area contributed by atoms with Crippen molar-refractivity contribution in [2.75, 3.05) is 12.4 Å². The van der Waals surface area contributed by atoms with Crippen LogP contribution >= 0.6 is 0 Å². The Morgan fingerprint density at radius 1 is 1.13 bits per heavy atom. The lowest BCUT2D eigenvalue weighted by molar-refractivity contribution is -0.110. The highest BCUT2D eigenvalue weighted by molar-refractivity contribution is 5.66. The SMILES string of the molecule is COc1ccc(F)c(-c2ccc(C3CCc4ccc(CC(C)C=O)cc4N3)cc2)c1. The zero-order valence-corrected chi connectivity index (χ0v) is 17.3. The molecule has 3 aromatic rings. The predicted octanol–water partition coefficient (Wildman–Crippen LogP) is 5.98.